The minimum Gasteiger partial charge on any atom is -0.308 e. The molecule has 20 heavy (non-hydrogen) atoms. The fourth-order valence-electron chi connectivity index (χ4n) is 1.97. The molecule has 0 saturated heterocycles. The second kappa shape index (κ2) is 5.98. The molecule has 0 aliphatic rings. The molecule has 0 unspecified atom stereocenters. The number of halogens is 1. The Bertz CT molecular complexity index is 582. The van der Waals surface area contributed by atoms with Crippen molar-refractivity contribution in [3.05, 3.63) is 52.3 Å². The van der Waals surface area contributed by atoms with Gasteiger partial charge in [-0.05, 0) is 39.3 Å². The summed E-state index contributed by atoms with van der Waals surface area (Å²) in [6, 6.07) is 7.90. The Hall–Kier alpha value is -1.32. The predicted molar refractivity (Wildman–Crippen MR) is 84.1 cm³/mol. The lowest BCUT2D eigenvalue weighted by Crippen LogP contribution is -2.35. The van der Waals surface area contributed by atoms with Gasteiger partial charge in [0.1, 0.15) is 0 Å². The molecule has 0 amide bonds. The quantitative estimate of drug-likeness (QED) is 0.929. The van der Waals surface area contributed by atoms with Crippen LogP contribution in [0.3, 0.4) is 0 Å². The van der Waals surface area contributed by atoms with Crippen LogP contribution in [-0.4, -0.2) is 15.3 Å². The lowest BCUT2D eigenvalue weighted by atomic mass is 10.1. The van der Waals surface area contributed by atoms with E-state index < -0.39 is 0 Å². The SMILES string of the molecule is Cc1c(CNC(C)(C)C)cnn1Cc1ccccc1Cl. The smallest absolute Gasteiger partial charge is 0.0677 e. The molecule has 1 N–H and O–H groups in total. The summed E-state index contributed by atoms with van der Waals surface area (Å²) >= 11 is 6.20. The van der Waals surface area contributed by atoms with E-state index in [1.807, 2.05) is 35.1 Å². The van der Waals surface area contributed by atoms with E-state index in [9.17, 15) is 0 Å². The van der Waals surface area contributed by atoms with Crippen LogP contribution in [0.4, 0.5) is 0 Å². The first-order valence-electron chi connectivity index (χ1n) is 6.86. The summed E-state index contributed by atoms with van der Waals surface area (Å²) in [5.74, 6) is 0. The van der Waals surface area contributed by atoms with Gasteiger partial charge in [0.05, 0.1) is 12.7 Å². The van der Waals surface area contributed by atoms with Gasteiger partial charge >= 0.3 is 0 Å². The molecule has 4 heteroatoms. The number of rotatable bonds is 4. The molecular weight excluding hydrogens is 270 g/mol. The summed E-state index contributed by atoms with van der Waals surface area (Å²) in [4.78, 5) is 0. The summed E-state index contributed by atoms with van der Waals surface area (Å²) in [6.45, 7) is 10.1. The summed E-state index contributed by atoms with van der Waals surface area (Å²) < 4.78 is 2.00. The minimum atomic E-state index is 0.108. The van der Waals surface area contributed by atoms with Crippen molar-refractivity contribution in [2.24, 2.45) is 0 Å². The second-order valence-corrected chi connectivity index (χ2v) is 6.52. The molecule has 0 spiro atoms. The maximum absolute atomic E-state index is 6.20. The number of nitrogens with one attached hydrogen (secondary N) is 1. The highest BCUT2D eigenvalue weighted by molar-refractivity contribution is 6.31. The van der Waals surface area contributed by atoms with Crippen molar-refractivity contribution in [1.29, 1.82) is 0 Å². The maximum atomic E-state index is 6.20. The highest BCUT2D eigenvalue weighted by Crippen LogP contribution is 2.18. The highest BCUT2D eigenvalue weighted by Gasteiger charge is 2.12. The number of nitrogens with zero attached hydrogens (tertiary/aromatic N) is 2. The number of aromatic nitrogens is 2. The van der Waals surface area contributed by atoms with Crippen LogP contribution in [0.15, 0.2) is 30.5 Å². The van der Waals surface area contributed by atoms with E-state index in [-0.39, 0.29) is 5.54 Å². The number of hydrogen-bond acceptors (Lipinski definition) is 2. The zero-order chi connectivity index (χ0) is 14.8. The Morgan fingerprint density at radius 3 is 2.55 bits per heavy atom. The van der Waals surface area contributed by atoms with Crippen molar-refractivity contribution < 1.29 is 0 Å². The lowest BCUT2D eigenvalue weighted by Gasteiger charge is -2.20. The number of hydrogen-bond donors (Lipinski definition) is 1. The van der Waals surface area contributed by atoms with Gasteiger partial charge in [0.2, 0.25) is 0 Å². The third-order valence-corrected chi connectivity index (χ3v) is 3.66. The fourth-order valence-corrected chi connectivity index (χ4v) is 2.16. The summed E-state index contributed by atoms with van der Waals surface area (Å²) in [7, 11) is 0. The van der Waals surface area contributed by atoms with Gasteiger partial charge in [-0.3, -0.25) is 4.68 Å². The zero-order valence-corrected chi connectivity index (χ0v) is 13.3. The first-order chi connectivity index (χ1) is 9.37. The Morgan fingerprint density at radius 2 is 1.90 bits per heavy atom. The molecule has 3 nitrogen and oxygen atoms in total. The first-order valence-corrected chi connectivity index (χ1v) is 7.24. The molecule has 0 aliphatic heterocycles. The van der Waals surface area contributed by atoms with E-state index in [0.717, 1.165) is 17.1 Å². The van der Waals surface area contributed by atoms with Gasteiger partial charge in [-0.1, -0.05) is 29.8 Å². The maximum Gasteiger partial charge on any atom is 0.0677 e. The summed E-state index contributed by atoms with van der Waals surface area (Å²) in [5, 5.41) is 8.75. The average Bonchev–Trinajstić information content (AvgIpc) is 2.70. The molecule has 1 heterocycles. The van der Waals surface area contributed by atoms with Crippen molar-refractivity contribution in [3.63, 3.8) is 0 Å². The van der Waals surface area contributed by atoms with Crippen LogP contribution in [0.5, 0.6) is 0 Å². The van der Waals surface area contributed by atoms with Crippen LogP contribution in [0, 0.1) is 6.92 Å². The molecule has 1 aromatic carbocycles. The molecule has 0 bridgehead atoms. The van der Waals surface area contributed by atoms with Gasteiger partial charge < -0.3 is 5.32 Å². The summed E-state index contributed by atoms with van der Waals surface area (Å²) in [6.07, 6.45) is 1.94. The molecule has 108 valence electrons. The first kappa shape index (κ1) is 15.1. The molecule has 0 radical (unpaired) electrons. The Labute approximate surface area is 126 Å². The third-order valence-electron chi connectivity index (χ3n) is 3.29. The van der Waals surface area contributed by atoms with Crippen LogP contribution in [0.2, 0.25) is 5.02 Å². The van der Waals surface area contributed by atoms with Crippen molar-refractivity contribution in [2.45, 2.75) is 46.3 Å². The molecular formula is C16H22ClN3. The van der Waals surface area contributed by atoms with Crippen LogP contribution < -0.4 is 5.32 Å². The van der Waals surface area contributed by atoms with Gasteiger partial charge in [-0.15, -0.1) is 0 Å². The lowest BCUT2D eigenvalue weighted by molar-refractivity contribution is 0.423. The van der Waals surface area contributed by atoms with E-state index in [2.05, 4.69) is 38.1 Å². The Kier molecular flexibility index (Phi) is 4.51. The molecule has 0 atom stereocenters. The average molecular weight is 292 g/mol. The standard InChI is InChI=1S/C16H22ClN3/c1-12-14(9-18-16(2,3)4)10-19-20(12)11-13-7-5-6-8-15(13)17/h5-8,10,18H,9,11H2,1-4H3. The zero-order valence-electron chi connectivity index (χ0n) is 12.6. The van der Waals surface area contributed by atoms with Gasteiger partial charge in [-0.25, -0.2) is 0 Å². The van der Waals surface area contributed by atoms with E-state index >= 15 is 0 Å². The van der Waals surface area contributed by atoms with E-state index in [0.29, 0.717) is 6.54 Å². The Morgan fingerprint density at radius 1 is 1.20 bits per heavy atom. The van der Waals surface area contributed by atoms with Gasteiger partial charge in [-0.2, -0.15) is 5.10 Å². The molecule has 0 aliphatic carbocycles. The molecule has 2 rings (SSSR count). The number of benzene rings is 1. The van der Waals surface area contributed by atoms with Crippen molar-refractivity contribution >= 4 is 11.6 Å². The Balaban J connectivity index is 2.11. The minimum absolute atomic E-state index is 0.108. The van der Waals surface area contributed by atoms with Gasteiger partial charge in [0, 0.05) is 28.4 Å². The molecule has 1 aromatic heterocycles. The van der Waals surface area contributed by atoms with E-state index in [1.54, 1.807) is 0 Å². The monoisotopic (exact) mass is 291 g/mol. The van der Waals surface area contributed by atoms with Crippen LogP contribution in [-0.2, 0) is 13.1 Å². The molecule has 2 aromatic rings. The fraction of sp³-hybridized carbons (Fsp3) is 0.438. The van der Waals surface area contributed by atoms with E-state index in [4.69, 9.17) is 11.6 Å². The van der Waals surface area contributed by atoms with Crippen LogP contribution in [0.1, 0.15) is 37.6 Å². The van der Waals surface area contributed by atoms with Crippen LogP contribution in [0.25, 0.3) is 0 Å². The van der Waals surface area contributed by atoms with Gasteiger partial charge in [0.15, 0.2) is 0 Å². The largest absolute Gasteiger partial charge is 0.308 e. The second-order valence-electron chi connectivity index (χ2n) is 6.11. The third kappa shape index (κ3) is 3.84. The molecule has 0 saturated carbocycles. The van der Waals surface area contributed by atoms with Crippen molar-refractivity contribution in [1.82, 2.24) is 15.1 Å². The summed E-state index contributed by atoms with van der Waals surface area (Å²) in [5.41, 5.74) is 3.61. The predicted octanol–water partition coefficient (Wildman–Crippen LogP) is 3.78. The van der Waals surface area contributed by atoms with Crippen molar-refractivity contribution in [2.75, 3.05) is 0 Å². The van der Waals surface area contributed by atoms with Crippen molar-refractivity contribution in [3.8, 4) is 0 Å². The van der Waals surface area contributed by atoms with Gasteiger partial charge in [0.25, 0.3) is 0 Å². The van der Waals surface area contributed by atoms with E-state index in [1.165, 1.54) is 11.3 Å². The molecule has 0 fully saturated rings. The van der Waals surface area contributed by atoms with Crippen LogP contribution >= 0.6 is 11.6 Å². The highest BCUT2D eigenvalue weighted by atomic mass is 35.5. The normalized spacial score (nSPS) is 11.8. The topological polar surface area (TPSA) is 29.9 Å².